The fourth-order valence-corrected chi connectivity index (χ4v) is 5.03. The van der Waals surface area contributed by atoms with Gasteiger partial charge in [-0.2, -0.15) is 13.2 Å². The number of hydrogen-bond acceptors (Lipinski definition) is 4. The molecular weight excluding hydrogens is 580 g/mol. The predicted octanol–water partition coefficient (Wildman–Crippen LogP) is 8.29. The Bertz CT molecular complexity index is 1470. The first kappa shape index (κ1) is 29.9. The lowest BCUT2D eigenvalue weighted by molar-refractivity contribution is -0.384. The molecule has 11 heteroatoms. The van der Waals surface area contributed by atoms with Gasteiger partial charge in [-0.15, -0.1) is 0 Å². The summed E-state index contributed by atoms with van der Waals surface area (Å²) in [4.78, 5) is 20.4. The minimum Gasteiger partial charge on any atom is -0.475 e. The Morgan fingerprint density at radius 3 is 1.71 bits per heavy atom. The fourth-order valence-electron chi connectivity index (χ4n) is 4.78. The molecule has 2 N–H and O–H groups in total. The molecule has 0 bridgehead atoms. The number of nitrogens with zero attached hydrogens (tertiary/aromatic N) is 1. The number of hydrogen-bond donors (Lipinski definition) is 2. The molecule has 0 saturated carbocycles. The van der Waals surface area contributed by atoms with Crippen molar-refractivity contribution in [1.82, 2.24) is 0 Å². The Morgan fingerprint density at radius 2 is 1.29 bits per heavy atom. The zero-order valence-electron chi connectivity index (χ0n) is 21.2. The number of aliphatic carboxylic acids is 1. The quantitative estimate of drug-likeness (QED) is 0.131. The number of carboxylic acids is 1. The first-order chi connectivity index (χ1) is 19.4. The Morgan fingerprint density at radius 1 is 0.854 bits per heavy atom. The molecule has 4 aromatic rings. The van der Waals surface area contributed by atoms with Gasteiger partial charge < -0.3 is 10.4 Å². The van der Waals surface area contributed by atoms with Crippen LogP contribution in [0.4, 0.5) is 24.5 Å². The van der Waals surface area contributed by atoms with Crippen molar-refractivity contribution in [2.45, 2.75) is 31.0 Å². The van der Waals surface area contributed by atoms with Crippen molar-refractivity contribution in [2.24, 2.45) is 0 Å². The van der Waals surface area contributed by atoms with Crippen LogP contribution in [-0.4, -0.2) is 28.2 Å². The Kier molecular flexibility index (Phi) is 9.20. The highest BCUT2D eigenvalue weighted by Gasteiger charge is 2.38. The zero-order chi connectivity index (χ0) is 29.7. The Hall–Kier alpha value is -4.08. The number of rotatable bonds is 6. The number of halogens is 5. The summed E-state index contributed by atoms with van der Waals surface area (Å²) in [6.45, 7) is 0. The van der Waals surface area contributed by atoms with E-state index in [1.165, 1.54) is 11.1 Å². The highest BCUT2D eigenvalue weighted by molar-refractivity contribution is 6.30. The molecule has 0 saturated heterocycles. The topological polar surface area (TPSA) is 92.5 Å². The maximum Gasteiger partial charge on any atom is 0.490 e. The van der Waals surface area contributed by atoms with Gasteiger partial charge in [0.15, 0.2) is 0 Å². The van der Waals surface area contributed by atoms with Gasteiger partial charge in [0, 0.05) is 28.1 Å². The van der Waals surface area contributed by atoms with Gasteiger partial charge in [-0.05, 0) is 71.0 Å². The van der Waals surface area contributed by atoms with Crippen LogP contribution in [0.1, 0.15) is 33.7 Å². The maximum absolute atomic E-state index is 11.8. The van der Waals surface area contributed by atoms with Crippen molar-refractivity contribution >= 4 is 40.5 Å². The summed E-state index contributed by atoms with van der Waals surface area (Å²) < 4.78 is 31.7. The second kappa shape index (κ2) is 12.6. The molecule has 1 aliphatic carbocycles. The summed E-state index contributed by atoms with van der Waals surface area (Å²) in [5.41, 5.74) is 6.23. The van der Waals surface area contributed by atoms with Crippen LogP contribution < -0.4 is 5.32 Å². The monoisotopic (exact) mass is 602 g/mol. The molecule has 41 heavy (non-hydrogen) atoms. The van der Waals surface area contributed by atoms with Gasteiger partial charge >= 0.3 is 12.1 Å². The number of benzene rings is 4. The standard InChI is InChI=1S/C28H22Cl2N2O2.C2HF3O2/c29-23-10-5-18(6-11-23)28(19-7-12-24(30)13-8-19)22-9-14-27(32(33)34)26(17-22)31-25-15-20-3-1-2-4-21(20)16-25;3-2(4,5)1(6)7/h1-14,17,25,28,31H,15-16H2;(H,6,7). The van der Waals surface area contributed by atoms with E-state index in [0.717, 1.165) is 29.5 Å². The highest BCUT2D eigenvalue weighted by atomic mass is 35.5. The zero-order valence-corrected chi connectivity index (χ0v) is 22.8. The van der Waals surface area contributed by atoms with E-state index >= 15 is 0 Å². The minimum atomic E-state index is -5.08. The van der Waals surface area contributed by atoms with Crippen molar-refractivity contribution in [3.8, 4) is 0 Å². The number of alkyl halides is 3. The molecule has 212 valence electrons. The Labute approximate surface area is 243 Å². The molecular formula is C30H23Cl2F3N2O4. The van der Waals surface area contributed by atoms with E-state index in [4.69, 9.17) is 33.1 Å². The summed E-state index contributed by atoms with van der Waals surface area (Å²) >= 11 is 12.3. The third-order valence-electron chi connectivity index (χ3n) is 6.61. The number of carbonyl (C=O) groups is 1. The molecule has 0 radical (unpaired) electrons. The van der Waals surface area contributed by atoms with E-state index in [0.29, 0.717) is 15.7 Å². The van der Waals surface area contributed by atoms with Crippen LogP contribution >= 0.6 is 23.2 Å². The van der Waals surface area contributed by atoms with Crippen LogP contribution in [0.3, 0.4) is 0 Å². The molecule has 0 unspecified atom stereocenters. The van der Waals surface area contributed by atoms with Crippen LogP contribution in [0.25, 0.3) is 0 Å². The summed E-state index contributed by atoms with van der Waals surface area (Å²) in [5.74, 6) is -2.89. The lowest BCUT2D eigenvalue weighted by Crippen LogP contribution is -2.21. The van der Waals surface area contributed by atoms with Crippen molar-refractivity contribution < 1.29 is 28.0 Å². The minimum absolute atomic E-state index is 0.0747. The number of nitro benzene ring substituents is 1. The van der Waals surface area contributed by atoms with E-state index in [9.17, 15) is 23.3 Å². The second-order valence-corrected chi connectivity index (χ2v) is 10.3. The maximum atomic E-state index is 11.8. The summed E-state index contributed by atoms with van der Waals surface area (Å²) in [7, 11) is 0. The van der Waals surface area contributed by atoms with Gasteiger partial charge in [0.25, 0.3) is 5.69 Å². The molecule has 5 rings (SSSR count). The summed E-state index contributed by atoms with van der Waals surface area (Å²) in [5, 5.41) is 23.8. The third kappa shape index (κ3) is 7.56. The smallest absolute Gasteiger partial charge is 0.475 e. The Balaban J connectivity index is 0.000000493. The van der Waals surface area contributed by atoms with E-state index in [1.807, 2.05) is 72.8 Å². The van der Waals surface area contributed by atoms with Crippen LogP contribution in [0.2, 0.25) is 10.0 Å². The van der Waals surface area contributed by atoms with Crippen LogP contribution in [-0.2, 0) is 17.6 Å². The molecule has 4 aromatic carbocycles. The fraction of sp³-hybridized carbons (Fsp3) is 0.167. The average molecular weight is 603 g/mol. The SMILES string of the molecule is O=C(O)C(F)(F)F.O=[N+]([O-])c1ccc(C(c2ccc(Cl)cc2)c2ccc(Cl)cc2)cc1NC1Cc2ccccc2C1. The van der Waals surface area contributed by atoms with Crippen molar-refractivity contribution in [3.63, 3.8) is 0 Å². The predicted molar refractivity (Wildman–Crippen MR) is 152 cm³/mol. The number of carboxylic acid groups (broad SMARTS) is 1. The number of nitro groups is 1. The largest absolute Gasteiger partial charge is 0.490 e. The van der Waals surface area contributed by atoms with Crippen molar-refractivity contribution in [1.29, 1.82) is 0 Å². The van der Waals surface area contributed by atoms with Crippen LogP contribution in [0, 0.1) is 10.1 Å². The lowest BCUT2D eigenvalue weighted by atomic mass is 9.85. The summed E-state index contributed by atoms with van der Waals surface area (Å²) in [6, 6.07) is 29.2. The average Bonchev–Trinajstić information content (AvgIpc) is 3.33. The van der Waals surface area contributed by atoms with Crippen molar-refractivity contribution in [2.75, 3.05) is 5.32 Å². The summed E-state index contributed by atoms with van der Waals surface area (Å²) in [6.07, 6.45) is -3.40. The lowest BCUT2D eigenvalue weighted by Gasteiger charge is -2.21. The molecule has 0 amide bonds. The van der Waals surface area contributed by atoms with E-state index < -0.39 is 12.1 Å². The van der Waals surface area contributed by atoms with E-state index in [-0.39, 0.29) is 22.6 Å². The molecule has 0 fully saturated rings. The third-order valence-corrected chi connectivity index (χ3v) is 7.11. The van der Waals surface area contributed by atoms with Gasteiger partial charge in [-0.3, -0.25) is 10.1 Å². The molecule has 1 aliphatic rings. The van der Waals surface area contributed by atoms with E-state index in [2.05, 4.69) is 17.4 Å². The number of anilines is 1. The van der Waals surface area contributed by atoms with Gasteiger partial charge in [0.05, 0.1) is 4.92 Å². The first-order valence-electron chi connectivity index (χ1n) is 12.3. The van der Waals surface area contributed by atoms with Gasteiger partial charge in [0.2, 0.25) is 0 Å². The molecule has 0 heterocycles. The van der Waals surface area contributed by atoms with Gasteiger partial charge in [0.1, 0.15) is 5.69 Å². The molecule has 0 spiro atoms. The van der Waals surface area contributed by atoms with Gasteiger partial charge in [-0.25, -0.2) is 4.79 Å². The molecule has 0 atom stereocenters. The first-order valence-corrected chi connectivity index (χ1v) is 13.1. The number of nitrogens with one attached hydrogen (secondary N) is 1. The number of fused-ring (bicyclic) bond motifs is 1. The van der Waals surface area contributed by atoms with Crippen molar-refractivity contribution in [3.05, 3.63) is 139 Å². The van der Waals surface area contributed by atoms with Gasteiger partial charge in [-0.1, -0.05) is 77.8 Å². The van der Waals surface area contributed by atoms with Crippen LogP contribution in [0.15, 0.2) is 91.0 Å². The van der Waals surface area contributed by atoms with Crippen LogP contribution in [0.5, 0.6) is 0 Å². The normalized spacial score (nSPS) is 12.8. The van der Waals surface area contributed by atoms with E-state index in [1.54, 1.807) is 6.07 Å². The second-order valence-electron chi connectivity index (χ2n) is 9.39. The highest BCUT2D eigenvalue weighted by Crippen LogP contribution is 2.38. The molecule has 0 aliphatic heterocycles. The molecule has 6 nitrogen and oxygen atoms in total. The molecule has 0 aromatic heterocycles.